The van der Waals surface area contributed by atoms with E-state index >= 15 is 0 Å². The zero-order valence-electron chi connectivity index (χ0n) is 11.2. The standard InChI is InChI=1S/C15H19FN2O/c1-11-2-3-12(8-14(11)16)9-15(19)18-7-6-17-5-4-13(18)10-17/h2-3,8,13H,4-7,9-10H2,1H3. The second kappa shape index (κ2) is 4.93. The van der Waals surface area contributed by atoms with E-state index < -0.39 is 0 Å². The van der Waals surface area contributed by atoms with Crippen molar-refractivity contribution in [2.24, 2.45) is 0 Å². The molecule has 2 aliphatic rings. The predicted octanol–water partition coefficient (Wildman–Crippen LogP) is 1.59. The Balaban J connectivity index is 1.69. The number of hydrogen-bond donors (Lipinski definition) is 0. The number of rotatable bonds is 2. The highest BCUT2D eigenvalue weighted by Gasteiger charge is 2.34. The van der Waals surface area contributed by atoms with Gasteiger partial charge < -0.3 is 4.90 Å². The first-order valence-electron chi connectivity index (χ1n) is 6.90. The maximum atomic E-state index is 13.5. The van der Waals surface area contributed by atoms with Gasteiger partial charge in [0.05, 0.1) is 6.42 Å². The highest BCUT2D eigenvalue weighted by atomic mass is 19.1. The molecule has 2 heterocycles. The Morgan fingerprint density at radius 3 is 3.00 bits per heavy atom. The maximum absolute atomic E-state index is 13.5. The summed E-state index contributed by atoms with van der Waals surface area (Å²) in [5, 5.41) is 0. The normalized spacial score (nSPS) is 25.7. The lowest BCUT2D eigenvalue weighted by atomic mass is 10.1. The molecule has 1 aromatic rings. The molecule has 2 aliphatic heterocycles. The summed E-state index contributed by atoms with van der Waals surface area (Å²) in [5.41, 5.74) is 1.40. The number of hydrogen-bond acceptors (Lipinski definition) is 2. The van der Waals surface area contributed by atoms with Gasteiger partial charge in [0.2, 0.25) is 5.91 Å². The van der Waals surface area contributed by atoms with Crippen LogP contribution in [0.5, 0.6) is 0 Å². The van der Waals surface area contributed by atoms with Crippen molar-refractivity contribution in [3.63, 3.8) is 0 Å². The van der Waals surface area contributed by atoms with Crippen LogP contribution in [0.25, 0.3) is 0 Å². The molecule has 2 fully saturated rings. The van der Waals surface area contributed by atoms with Crippen molar-refractivity contribution in [2.45, 2.75) is 25.8 Å². The second-order valence-corrected chi connectivity index (χ2v) is 5.59. The Morgan fingerprint density at radius 1 is 1.37 bits per heavy atom. The van der Waals surface area contributed by atoms with Crippen molar-refractivity contribution in [3.8, 4) is 0 Å². The Hall–Kier alpha value is -1.42. The van der Waals surface area contributed by atoms with Gasteiger partial charge in [-0.1, -0.05) is 12.1 Å². The molecule has 3 nitrogen and oxygen atoms in total. The average molecular weight is 262 g/mol. The molecule has 1 aromatic carbocycles. The van der Waals surface area contributed by atoms with Gasteiger partial charge in [-0.15, -0.1) is 0 Å². The summed E-state index contributed by atoms with van der Waals surface area (Å²) in [6.07, 6.45) is 1.39. The fraction of sp³-hybridized carbons (Fsp3) is 0.533. The van der Waals surface area contributed by atoms with Crippen LogP contribution in [0.15, 0.2) is 18.2 Å². The average Bonchev–Trinajstić information content (AvgIpc) is 2.75. The number of aryl methyl sites for hydroxylation is 1. The lowest BCUT2D eigenvalue weighted by molar-refractivity contribution is -0.133. The van der Waals surface area contributed by atoms with E-state index in [1.807, 2.05) is 11.0 Å². The molecule has 2 saturated heterocycles. The molecule has 0 spiro atoms. The molecule has 2 atom stereocenters. The minimum absolute atomic E-state index is 0.134. The van der Waals surface area contributed by atoms with Crippen molar-refractivity contribution in [1.29, 1.82) is 0 Å². The van der Waals surface area contributed by atoms with E-state index in [4.69, 9.17) is 0 Å². The first kappa shape index (κ1) is 12.6. The highest BCUT2D eigenvalue weighted by molar-refractivity contribution is 5.79. The molecule has 0 radical (unpaired) electrons. The smallest absolute Gasteiger partial charge is 0.227 e. The largest absolute Gasteiger partial charge is 0.337 e. The van der Waals surface area contributed by atoms with Gasteiger partial charge in [0, 0.05) is 32.2 Å². The van der Waals surface area contributed by atoms with Gasteiger partial charge in [0.15, 0.2) is 0 Å². The fourth-order valence-electron chi connectivity index (χ4n) is 3.05. The van der Waals surface area contributed by atoms with Crippen LogP contribution in [-0.2, 0) is 11.2 Å². The third-order valence-corrected chi connectivity index (χ3v) is 4.26. The van der Waals surface area contributed by atoms with Crippen molar-refractivity contribution in [3.05, 3.63) is 35.1 Å². The minimum atomic E-state index is -0.226. The van der Waals surface area contributed by atoms with E-state index in [2.05, 4.69) is 4.90 Å². The van der Waals surface area contributed by atoms with Gasteiger partial charge in [-0.3, -0.25) is 9.69 Å². The summed E-state index contributed by atoms with van der Waals surface area (Å²) in [7, 11) is 0. The lowest BCUT2D eigenvalue weighted by Gasteiger charge is -2.34. The van der Waals surface area contributed by atoms with Crippen molar-refractivity contribution in [1.82, 2.24) is 9.80 Å². The molecule has 2 bridgehead atoms. The molecule has 1 amide bonds. The summed E-state index contributed by atoms with van der Waals surface area (Å²) < 4.78 is 13.5. The van der Waals surface area contributed by atoms with E-state index in [-0.39, 0.29) is 11.7 Å². The molecule has 2 unspecified atom stereocenters. The Morgan fingerprint density at radius 2 is 2.21 bits per heavy atom. The third-order valence-electron chi connectivity index (χ3n) is 4.26. The van der Waals surface area contributed by atoms with Crippen molar-refractivity contribution in [2.75, 3.05) is 26.2 Å². The van der Waals surface area contributed by atoms with Crippen LogP contribution in [0.2, 0.25) is 0 Å². The van der Waals surface area contributed by atoms with Gasteiger partial charge in [-0.05, 0) is 30.5 Å². The fourth-order valence-corrected chi connectivity index (χ4v) is 3.05. The van der Waals surface area contributed by atoms with Crippen molar-refractivity contribution >= 4 is 5.91 Å². The van der Waals surface area contributed by atoms with Gasteiger partial charge >= 0.3 is 0 Å². The number of piperazine rings is 1. The zero-order chi connectivity index (χ0) is 13.4. The first-order chi connectivity index (χ1) is 9.13. The zero-order valence-corrected chi connectivity index (χ0v) is 11.2. The van der Waals surface area contributed by atoms with Crippen LogP contribution >= 0.6 is 0 Å². The molecular weight excluding hydrogens is 243 g/mol. The first-order valence-corrected chi connectivity index (χ1v) is 6.90. The second-order valence-electron chi connectivity index (χ2n) is 5.59. The summed E-state index contributed by atoms with van der Waals surface area (Å²) in [6, 6.07) is 5.45. The van der Waals surface area contributed by atoms with Crippen LogP contribution in [0, 0.1) is 12.7 Å². The number of halogens is 1. The number of benzene rings is 1. The van der Waals surface area contributed by atoms with Crippen molar-refractivity contribution < 1.29 is 9.18 Å². The monoisotopic (exact) mass is 262 g/mol. The number of fused-ring (bicyclic) bond motifs is 2. The van der Waals surface area contributed by atoms with Gasteiger partial charge in [0.1, 0.15) is 5.82 Å². The van der Waals surface area contributed by atoms with Gasteiger partial charge in [0.25, 0.3) is 0 Å². The maximum Gasteiger partial charge on any atom is 0.227 e. The van der Waals surface area contributed by atoms with Crippen LogP contribution in [0.3, 0.4) is 0 Å². The Kier molecular flexibility index (Phi) is 3.27. The quantitative estimate of drug-likeness (QED) is 0.808. The Bertz CT molecular complexity index is 503. The van der Waals surface area contributed by atoms with E-state index in [0.29, 0.717) is 18.0 Å². The SMILES string of the molecule is Cc1ccc(CC(=O)N2CCN3CCC2C3)cc1F. The summed E-state index contributed by atoms with van der Waals surface area (Å²) >= 11 is 0. The molecule has 3 rings (SSSR count). The van der Waals surface area contributed by atoms with E-state index in [9.17, 15) is 9.18 Å². The number of carbonyl (C=O) groups excluding carboxylic acids is 1. The number of amides is 1. The molecule has 0 aromatic heterocycles. The molecule has 0 saturated carbocycles. The van der Waals surface area contributed by atoms with Gasteiger partial charge in [-0.25, -0.2) is 4.39 Å². The topological polar surface area (TPSA) is 23.6 Å². The predicted molar refractivity (Wildman–Crippen MR) is 71.4 cm³/mol. The summed E-state index contributed by atoms with van der Waals surface area (Å²) in [4.78, 5) is 16.7. The van der Waals surface area contributed by atoms with Gasteiger partial charge in [-0.2, -0.15) is 0 Å². The number of carbonyl (C=O) groups is 1. The van der Waals surface area contributed by atoms with Crippen LogP contribution in [0.4, 0.5) is 4.39 Å². The molecule has 4 heteroatoms. The van der Waals surface area contributed by atoms with E-state index in [1.165, 1.54) is 6.07 Å². The van der Waals surface area contributed by atoms with E-state index in [0.717, 1.165) is 38.2 Å². The summed E-state index contributed by atoms with van der Waals surface area (Å²) in [6.45, 7) is 5.64. The minimum Gasteiger partial charge on any atom is -0.337 e. The number of nitrogens with zero attached hydrogens (tertiary/aromatic N) is 2. The Labute approximate surface area is 113 Å². The molecule has 19 heavy (non-hydrogen) atoms. The lowest BCUT2D eigenvalue weighted by Crippen LogP contribution is -2.50. The van der Waals surface area contributed by atoms with Crippen LogP contribution < -0.4 is 0 Å². The van der Waals surface area contributed by atoms with Crippen LogP contribution in [-0.4, -0.2) is 47.9 Å². The molecule has 102 valence electrons. The summed E-state index contributed by atoms with van der Waals surface area (Å²) in [5.74, 6) is -0.0919. The van der Waals surface area contributed by atoms with E-state index in [1.54, 1.807) is 13.0 Å². The molecular formula is C15H19FN2O. The third kappa shape index (κ3) is 2.50. The molecule has 0 N–H and O–H groups in total. The van der Waals surface area contributed by atoms with Crippen LogP contribution in [0.1, 0.15) is 17.5 Å². The molecule has 0 aliphatic carbocycles. The highest BCUT2D eigenvalue weighted by Crippen LogP contribution is 2.21.